The van der Waals surface area contributed by atoms with Gasteiger partial charge in [0.1, 0.15) is 11.8 Å². The quantitative estimate of drug-likeness (QED) is 0.625. The summed E-state index contributed by atoms with van der Waals surface area (Å²) in [7, 11) is 0. The molecule has 2 rings (SSSR count). The van der Waals surface area contributed by atoms with Crippen molar-refractivity contribution >= 4 is 34.6 Å². The molecule has 102 valence electrons. The SMILES string of the molecule is CCOC(=O)C1=C(C)NC(=O)N[C@H]1c1ccc(I)o1. The number of hydrogen-bond donors (Lipinski definition) is 2. The summed E-state index contributed by atoms with van der Waals surface area (Å²) in [6.07, 6.45) is 0. The van der Waals surface area contributed by atoms with E-state index in [2.05, 4.69) is 10.6 Å². The summed E-state index contributed by atoms with van der Waals surface area (Å²) in [6, 6.07) is 2.49. The van der Waals surface area contributed by atoms with E-state index in [4.69, 9.17) is 9.15 Å². The number of furan rings is 1. The molecule has 0 fully saturated rings. The van der Waals surface area contributed by atoms with Gasteiger partial charge in [0, 0.05) is 5.70 Å². The van der Waals surface area contributed by atoms with Gasteiger partial charge in [-0.15, -0.1) is 0 Å². The predicted molar refractivity (Wildman–Crippen MR) is 75.2 cm³/mol. The van der Waals surface area contributed by atoms with Crippen LogP contribution in [0.3, 0.4) is 0 Å². The topological polar surface area (TPSA) is 80.6 Å². The van der Waals surface area contributed by atoms with Crippen molar-refractivity contribution in [2.75, 3.05) is 6.61 Å². The minimum absolute atomic E-state index is 0.270. The van der Waals surface area contributed by atoms with Gasteiger partial charge in [0.05, 0.1) is 12.2 Å². The Labute approximate surface area is 123 Å². The molecule has 0 bridgehead atoms. The second-order valence-electron chi connectivity index (χ2n) is 3.93. The highest BCUT2D eigenvalue weighted by atomic mass is 127. The fourth-order valence-corrected chi connectivity index (χ4v) is 2.30. The Bertz CT molecular complexity index is 550. The van der Waals surface area contributed by atoms with Crippen molar-refractivity contribution in [2.45, 2.75) is 19.9 Å². The van der Waals surface area contributed by atoms with Crippen molar-refractivity contribution in [3.63, 3.8) is 0 Å². The van der Waals surface area contributed by atoms with E-state index in [0.717, 1.165) is 0 Å². The molecule has 0 unspecified atom stereocenters. The molecule has 0 aromatic carbocycles. The number of halogens is 1. The van der Waals surface area contributed by atoms with Gasteiger partial charge in [0.15, 0.2) is 3.77 Å². The van der Waals surface area contributed by atoms with Gasteiger partial charge in [-0.2, -0.15) is 0 Å². The third kappa shape index (κ3) is 2.91. The fraction of sp³-hybridized carbons (Fsp3) is 0.333. The number of carbonyl (C=O) groups excluding carboxylic acids is 2. The minimum atomic E-state index is -0.628. The van der Waals surface area contributed by atoms with E-state index < -0.39 is 12.0 Å². The van der Waals surface area contributed by atoms with E-state index >= 15 is 0 Å². The lowest BCUT2D eigenvalue weighted by atomic mass is 10.0. The van der Waals surface area contributed by atoms with Crippen LogP contribution in [0.2, 0.25) is 0 Å². The Morgan fingerprint density at radius 2 is 2.26 bits per heavy atom. The van der Waals surface area contributed by atoms with Crippen LogP contribution in [0.1, 0.15) is 25.6 Å². The van der Waals surface area contributed by atoms with Crippen molar-refractivity contribution < 1.29 is 18.7 Å². The zero-order valence-corrected chi connectivity index (χ0v) is 12.6. The van der Waals surface area contributed by atoms with Crippen LogP contribution in [0.5, 0.6) is 0 Å². The largest absolute Gasteiger partial charge is 0.463 e. The van der Waals surface area contributed by atoms with E-state index in [1.807, 2.05) is 22.6 Å². The lowest BCUT2D eigenvalue weighted by molar-refractivity contribution is -0.139. The van der Waals surface area contributed by atoms with Crippen molar-refractivity contribution in [2.24, 2.45) is 0 Å². The Morgan fingerprint density at radius 3 is 2.84 bits per heavy atom. The highest BCUT2D eigenvalue weighted by Crippen LogP contribution is 2.29. The molecule has 7 heteroatoms. The number of urea groups is 1. The Balaban J connectivity index is 2.40. The second kappa shape index (κ2) is 5.64. The number of ether oxygens (including phenoxy) is 1. The molecule has 2 amide bonds. The molecule has 19 heavy (non-hydrogen) atoms. The normalized spacial score (nSPS) is 18.9. The van der Waals surface area contributed by atoms with E-state index in [-0.39, 0.29) is 12.6 Å². The molecule has 1 aliphatic rings. The first-order valence-electron chi connectivity index (χ1n) is 5.73. The van der Waals surface area contributed by atoms with E-state index in [1.165, 1.54) is 0 Å². The van der Waals surface area contributed by atoms with Gasteiger partial charge >= 0.3 is 12.0 Å². The van der Waals surface area contributed by atoms with Gasteiger partial charge < -0.3 is 19.8 Å². The number of rotatable bonds is 3. The van der Waals surface area contributed by atoms with Gasteiger partial charge in [-0.1, -0.05) is 0 Å². The third-order valence-corrected chi connectivity index (χ3v) is 3.22. The molecule has 0 saturated heterocycles. The standard InChI is InChI=1S/C12H13IN2O4/c1-3-18-11(16)9-6(2)14-12(17)15-10(9)7-4-5-8(13)19-7/h4-5,10H,3H2,1-2H3,(H2,14,15,17)/t10-/m0/s1. The van der Waals surface area contributed by atoms with Gasteiger partial charge in [-0.3, -0.25) is 0 Å². The molecule has 2 N–H and O–H groups in total. The van der Waals surface area contributed by atoms with Crippen molar-refractivity contribution in [1.82, 2.24) is 10.6 Å². The monoisotopic (exact) mass is 376 g/mol. The van der Waals surface area contributed by atoms with E-state index in [1.54, 1.807) is 26.0 Å². The zero-order valence-electron chi connectivity index (χ0n) is 10.5. The van der Waals surface area contributed by atoms with Crippen molar-refractivity contribution in [3.05, 3.63) is 32.9 Å². The first-order chi connectivity index (χ1) is 9.02. The maximum atomic E-state index is 12.0. The highest BCUT2D eigenvalue weighted by Gasteiger charge is 2.33. The average molecular weight is 376 g/mol. The average Bonchev–Trinajstić information content (AvgIpc) is 2.75. The highest BCUT2D eigenvalue weighted by molar-refractivity contribution is 14.1. The van der Waals surface area contributed by atoms with Gasteiger partial charge in [-0.05, 0) is 48.6 Å². The van der Waals surface area contributed by atoms with Crippen LogP contribution in [0.15, 0.2) is 27.8 Å². The molecule has 0 radical (unpaired) electrons. The molecule has 1 aromatic heterocycles. The van der Waals surface area contributed by atoms with Crippen LogP contribution in [0.25, 0.3) is 0 Å². The first kappa shape index (κ1) is 13.9. The number of esters is 1. The Morgan fingerprint density at radius 1 is 1.53 bits per heavy atom. The maximum absolute atomic E-state index is 12.0. The number of carbonyl (C=O) groups is 2. The summed E-state index contributed by atoms with van der Waals surface area (Å²) in [6.45, 7) is 3.66. The van der Waals surface area contributed by atoms with Crippen molar-refractivity contribution in [1.29, 1.82) is 0 Å². The lowest BCUT2D eigenvalue weighted by Gasteiger charge is -2.26. The van der Waals surface area contributed by atoms with Gasteiger partial charge in [-0.25, -0.2) is 9.59 Å². The first-order valence-corrected chi connectivity index (χ1v) is 6.81. The fourth-order valence-electron chi connectivity index (χ4n) is 1.87. The van der Waals surface area contributed by atoms with Gasteiger partial charge in [0.2, 0.25) is 0 Å². The third-order valence-electron chi connectivity index (χ3n) is 2.64. The van der Waals surface area contributed by atoms with E-state index in [9.17, 15) is 9.59 Å². The summed E-state index contributed by atoms with van der Waals surface area (Å²) >= 11 is 2.02. The van der Waals surface area contributed by atoms with Crippen LogP contribution in [-0.4, -0.2) is 18.6 Å². The molecule has 2 heterocycles. The van der Waals surface area contributed by atoms with Crippen molar-refractivity contribution in [3.8, 4) is 0 Å². The lowest BCUT2D eigenvalue weighted by Crippen LogP contribution is -2.45. The summed E-state index contributed by atoms with van der Waals surface area (Å²) in [4.78, 5) is 23.5. The predicted octanol–water partition coefficient (Wildman–Crippen LogP) is 2.08. The van der Waals surface area contributed by atoms with E-state index in [0.29, 0.717) is 20.8 Å². The van der Waals surface area contributed by atoms with Crippen LogP contribution in [0, 0.1) is 3.77 Å². The summed E-state index contributed by atoms with van der Waals surface area (Å²) in [5, 5.41) is 5.22. The smallest absolute Gasteiger partial charge is 0.338 e. The molecule has 1 atom stereocenters. The number of allylic oxidation sites excluding steroid dienone is 1. The molecule has 1 aliphatic heterocycles. The summed E-state index contributed by atoms with van der Waals surface area (Å²) < 4.78 is 11.2. The number of hydrogen-bond acceptors (Lipinski definition) is 4. The Kier molecular flexibility index (Phi) is 4.13. The summed E-state index contributed by atoms with van der Waals surface area (Å²) in [5.41, 5.74) is 0.825. The number of nitrogens with one attached hydrogen (secondary N) is 2. The van der Waals surface area contributed by atoms with Gasteiger partial charge in [0.25, 0.3) is 0 Å². The zero-order chi connectivity index (χ0) is 14.0. The molecule has 1 aromatic rings. The molecule has 6 nitrogen and oxygen atoms in total. The molecular formula is C12H13IN2O4. The number of amides is 2. The maximum Gasteiger partial charge on any atom is 0.338 e. The minimum Gasteiger partial charge on any atom is -0.463 e. The molecule has 0 aliphatic carbocycles. The second-order valence-corrected chi connectivity index (χ2v) is 5.00. The van der Waals surface area contributed by atoms with Crippen LogP contribution in [0.4, 0.5) is 4.79 Å². The molecule has 0 saturated carbocycles. The Hall–Kier alpha value is -1.51. The summed E-state index contributed by atoms with van der Waals surface area (Å²) in [5.74, 6) is 0.0329. The van der Waals surface area contributed by atoms with Crippen LogP contribution < -0.4 is 10.6 Å². The molecule has 0 spiro atoms. The molecular weight excluding hydrogens is 363 g/mol. The van der Waals surface area contributed by atoms with Crippen LogP contribution in [-0.2, 0) is 9.53 Å². The van der Waals surface area contributed by atoms with Crippen LogP contribution >= 0.6 is 22.6 Å².